The van der Waals surface area contributed by atoms with Crippen molar-refractivity contribution in [3.05, 3.63) is 34.4 Å². The highest BCUT2D eigenvalue weighted by atomic mass is 16.6. The number of hydrogen-bond donors (Lipinski definition) is 1. The second-order valence-electron chi connectivity index (χ2n) is 4.19. The van der Waals surface area contributed by atoms with Gasteiger partial charge in [0.15, 0.2) is 5.75 Å². The first-order valence-electron chi connectivity index (χ1n) is 5.84. The van der Waals surface area contributed by atoms with Gasteiger partial charge in [0.1, 0.15) is 6.10 Å². The zero-order valence-electron chi connectivity index (χ0n) is 9.76. The molecular weight excluding hydrogens is 220 g/mol. The van der Waals surface area contributed by atoms with Crippen molar-refractivity contribution in [1.29, 1.82) is 0 Å². The smallest absolute Gasteiger partial charge is 0.310 e. The Labute approximate surface area is 99.9 Å². The van der Waals surface area contributed by atoms with Crippen LogP contribution >= 0.6 is 0 Å². The minimum atomic E-state index is -0.407. The number of hydrogen-bond acceptors (Lipinski definition) is 4. The molecular formula is C12H16N2O3. The van der Waals surface area contributed by atoms with Gasteiger partial charge in [0.05, 0.1) is 4.92 Å². The lowest BCUT2D eigenvalue weighted by atomic mass is 9.89. The van der Waals surface area contributed by atoms with Crippen LogP contribution in [0.4, 0.5) is 5.69 Å². The normalized spacial score (nSPS) is 22.9. The molecule has 0 aromatic heterocycles. The second kappa shape index (κ2) is 5.14. The van der Waals surface area contributed by atoms with Crippen molar-refractivity contribution < 1.29 is 9.66 Å². The summed E-state index contributed by atoms with van der Waals surface area (Å²) in [5.74, 6) is 0.373. The van der Waals surface area contributed by atoms with E-state index in [-0.39, 0.29) is 11.8 Å². The number of rotatable bonds is 5. The molecule has 17 heavy (non-hydrogen) atoms. The Balaban J connectivity index is 1.94. The van der Waals surface area contributed by atoms with E-state index >= 15 is 0 Å². The quantitative estimate of drug-likeness (QED) is 0.628. The highest BCUT2D eigenvalue weighted by Gasteiger charge is 2.31. The summed E-state index contributed by atoms with van der Waals surface area (Å²) in [6.07, 6.45) is 1.93. The summed E-state index contributed by atoms with van der Waals surface area (Å²) in [6, 6.07) is 7.01. The Bertz CT molecular complexity index is 402. The molecule has 5 heteroatoms. The number of nitro benzene ring substituents is 1. The third kappa shape index (κ3) is 2.74. The van der Waals surface area contributed by atoms with E-state index in [1.807, 2.05) is 0 Å². The molecule has 5 nitrogen and oxygen atoms in total. The molecule has 2 rings (SSSR count). The van der Waals surface area contributed by atoms with Crippen LogP contribution in [0.15, 0.2) is 24.3 Å². The van der Waals surface area contributed by atoms with E-state index in [0.29, 0.717) is 11.8 Å². The zero-order valence-corrected chi connectivity index (χ0v) is 9.76. The van der Waals surface area contributed by atoms with Gasteiger partial charge >= 0.3 is 5.69 Å². The molecule has 0 radical (unpaired) electrons. The average Bonchev–Trinajstić information content (AvgIpc) is 2.26. The molecule has 1 N–H and O–H groups in total. The number of nitrogens with zero attached hydrogens (tertiary/aromatic N) is 1. The van der Waals surface area contributed by atoms with E-state index in [4.69, 9.17) is 4.74 Å². The Hall–Kier alpha value is -1.62. The minimum absolute atomic E-state index is 0.0411. The van der Waals surface area contributed by atoms with Gasteiger partial charge in [0, 0.05) is 12.1 Å². The van der Waals surface area contributed by atoms with Gasteiger partial charge in [0.2, 0.25) is 0 Å². The van der Waals surface area contributed by atoms with Crippen LogP contribution in [0.1, 0.15) is 19.8 Å². The number of nitro groups is 1. The summed E-state index contributed by atoms with van der Waals surface area (Å²) in [7, 11) is 0. The third-order valence-corrected chi connectivity index (χ3v) is 2.94. The van der Waals surface area contributed by atoms with Crippen molar-refractivity contribution in [2.45, 2.75) is 31.9 Å². The lowest BCUT2D eigenvalue weighted by Gasteiger charge is -2.35. The number of nitrogens with one attached hydrogen (secondary N) is 1. The molecule has 0 unspecified atom stereocenters. The average molecular weight is 236 g/mol. The lowest BCUT2D eigenvalue weighted by molar-refractivity contribution is -0.386. The second-order valence-corrected chi connectivity index (χ2v) is 4.19. The van der Waals surface area contributed by atoms with Crippen LogP contribution in [0.3, 0.4) is 0 Å². The van der Waals surface area contributed by atoms with Crippen molar-refractivity contribution in [3.8, 4) is 5.75 Å². The number of ether oxygens (including phenoxy) is 1. The predicted octanol–water partition coefficient (Wildman–Crippen LogP) is 2.11. The first-order valence-corrected chi connectivity index (χ1v) is 5.84. The van der Waals surface area contributed by atoms with Gasteiger partial charge in [-0.15, -0.1) is 0 Å². The standard InChI is InChI=1S/C12H16N2O3/c1-2-13-9-7-10(8-9)17-12-6-4-3-5-11(12)14(15)16/h3-6,9-10,13H,2,7-8H2,1H3. The van der Waals surface area contributed by atoms with Gasteiger partial charge in [-0.1, -0.05) is 19.1 Å². The van der Waals surface area contributed by atoms with Crippen LogP contribution in [0, 0.1) is 10.1 Å². The van der Waals surface area contributed by atoms with Crippen molar-refractivity contribution >= 4 is 5.69 Å². The van der Waals surface area contributed by atoms with E-state index < -0.39 is 4.92 Å². The SMILES string of the molecule is CCNC1CC(Oc2ccccc2[N+](=O)[O-])C1. The van der Waals surface area contributed by atoms with Crippen LogP contribution in [-0.4, -0.2) is 23.6 Å². The molecule has 0 spiro atoms. The van der Waals surface area contributed by atoms with Crippen LogP contribution in [0.2, 0.25) is 0 Å². The van der Waals surface area contributed by atoms with Crippen LogP contribution in [0.25, 0.3) is 0 Å². The molecule has 1 fully saturated rings. The Morgan fingerprint density at radius 2 is 2.18 bits per heavy atom. The summed E-state index contributed by atoms with van der Waals surface area (Å²) in [5.41, 5.74) is 0.0411. The zero-order chi connectivity index (χ0) is 12.3. The summed E-state index contributed by atoms with van der Waals surface area (Å²) < 4.78 is 5.64. The highest BCUT2D eigenvalue weighted by Crippen LogP contribution is 2.31. The number of benzene rings is 1. The Morgan fingerprint density at radius 3 is 2.82 bits per heavy atom. The molecule has 1 aliphatic rings. The van der Waals surface area contributed by atoms with Crippen molar-refractivity contribution in [3.63, 3.8) is 0 Å². The van der Waals surface area contributed by atoms with Crippen LogP contribution < -0.4 is 10.1 Å². The minimum Gasteiger partial charge on any atom is -0.483 e. The van der Waals surface area contributed by atoms with E-state index in [1.54, 1.807) is 18.2 Å². The molecule has 0 amide bonds. The topological polar surface area (TPSA) is 64.4 Å². The predicted molar refractivity (Wildman–Crippen MR) is 64.2 cm³/mol. The van der Waals surface area contributed by atoms with E-state index in [9.17, 15) is 10.1 Å². The monoisotopic (exact) mass is 236 g/mol. The molecule has 1 aromatic carbocycles. The molecule has 1 aliphatic carbocycles. The maximum absolute atomic E-state index is 10.8. The van der Waals surface area contributed by atoms with E-state index in [1.165, 1.54) is 6.07 Å². The summed E-state index contributed by atoms with van der Waals surface area (Å²) in [4.78, 5) is 10.4. The van der Waals surface area contributed by atoms with Gasteiger partial charge in [-0.3, -0.25) is 10.1 Å². The molecule has 0 saturated heterocycles. The molecule has 1 saturated carbocycles. The molecule has 0 bridgehead atoms. The fraction of sp³-hybridized carbons (Fsp3) is 0.500. The van der Waals surface area contributed by atoms with Crippen LogP contribution in [0.5, 0.6) is 5.75 Å². The summed E-state index contributed by atoms with van der Waals surface area (Å²) >= 11 is 0. The maximum Gasteiger partial charge on any atom is 0.310 e. The summed E-state index contributed by atoms with van der Waals surface area (Å²) in [5, 5.41) is 14.1. The van der Waals surface area contributed by atoms with Crippen molar-refractivity contribution in [2.24, 2.45) is 0 Å². The van der Waals surface area contributed by atoms with Crippen molar-refractivity contribution in [1.82, 2.24) is 5.32 Å². The van der Waals surface area contributed by atoms with Gasteiger partial charge in [-0.25, -0.2) is 0 Å². The Kier molecular flexibility index (Phi) is 3.58. The Morgan fingerprint density at radius 1 is 1.47 bits per heavy atom. The highest BCUT2D eigenvalue weighted by molar-refractivity contribution is 5.45. The van der Waals surface area contributed by atoms with E-state index in [0.717, 1.165) is 19.4 Å². The molecule has 92 valence electrons. The van der Waals surface area contributed by atoms with Gasteiger partial charge in [-0.05, 0) is 25.5 Å². The third-order valence-electron chi connectivity index (χ3n) is 2.94. The molecule has 0 aliphatic heterocycles. The first kappa shape index (κ1) is 11.9. The van der Waals surface area contributed by atoms with Gasteiger partial charge in [-0.2, -0.15) is 0 Å². The lowest BCUT2D eigenvalue weighted by Crippen LogP contribution is -2.46. The first-order chi connectivity index (χ1) is 8.20. The van der Waals surface area contributed by atoms with Crippen molar-refractivity contribution in [2.75, 3.05) is 6.54 Å². The summed E-state index contributed by atoms with van der Waals surface area (Å²) in [6.45, 7) is 3.01. The number of para-hydroxylation sites is 2. The molecule has 1 aromatic rings. The largest absolute Gasteiger partial charge is 0.483 e. The fourth-order valence-electron chi connectivity index (χ4n) is 2.00. The molecule has 0 heterocycles. The maximum atomic E-state index is 10.8. The van der Waals surface area contributed by atoms with Gasteiger partial charge < -0.3 is 10.1 Å². The molecule has 0 atom stereocenters. The van der Waals surface area contributed by atoms with Gasteiger partial charge in [0.25, 0.3) is 0 Å². The van der Waals surface area contributed by atoms with Crippen LogP contribution in [-0.2, 0) is 0 Å². The fourth-order valence-corrected chi connectivity index (χ4v) is 2.00. The van der Waals surface area contributed by atoms with E-state index in [2.05, 4.69) is 12.2 Å².